The van der Waals surface area contributed by atoms with Crippen LogP contribution in [0.1, 0.15) is 31.1 Å². The van der Waals surface area contributed by atoms with Crippen molar-refractivity contribution in [2.45, 2.75) is 26.8 Å². The van der Waals surface area contributed by atoms with Gasteiger partial charge in [-0.05, 0) is 51.1 Å². The number of hydrogen-bond donors (Lipinski definition) is 0. The number of nitrogens with zero attached hydrogens (tertiary/aromatic N) is 5. The summed E-state index contributed by atoms with van der Waals surface area (Å²) in [5, 5.41) is 5.51. The molecule has 3 aromatic heterocycles. The summed E-state index contributed by atoms with van der Waals surface area (Å²) < 4.78 is 17.2. The molecule has 3 heterocycles. The molecule has 0 fully saturated rings. The molecule has 0 bridgehead atoms. The standard InChI is InChI=1S/C21H22FN5O/c1-5-26(13(2)3)21(28)14-6-8-16-17(10-14)25(4)24-20(16)18-11-23-19-9-7-15(22)12-27(18)19/h6-13H,5H2,1-4H3. The van der Waals surface area contributed by atoms with E-state index in [9.17, 15) is 9.18 Å². The van der Waals surface area contributed by atoms with Gasteiger partial charge in [0.15, 0.2) is 0 Å². The van der Waals surface area contributed by atoms with Crippen LogP contribution in [0.15, 0.2) is 42.7 Å². The first-order valence-corrected chi connectivity index (χ1v) is 9.31. The summed E-state index contributed by atoms with van der Waals surface area (Å²) in [6.45, 7) is 6.64. The average Bonchev–Trinajstić information content (AvgIpc) is 3.22. The van der Waals surface area contributed by atoms with E-state index in [1.165, 1.54) is 12.3 Å². The number of fused-ring (bicyclic) bond motifs is 2. The Morgan fingerprint density at radius 3 is 2.75 bits per heavy atom. The molecular formula is C21H22FN5O. The number of aryl methyl sites for hydroxylation is 1. The maximum absolute atomic E-state index is 13.7. The van der Waals surface area contributed by atoms with Gasteiger partial charge in [-0.2, -0.15) is 5.10 Å². The Morgan fingerprint density at radius 2 is 2.04 bits per heavy atom. The molecule has 0 atom stereocenters. The molecule has 7 heteroatoms. The SMILES string of the molecule is CCN(C(=O)c1ccc2c(-c3cnc4ccc(F)cn34)nn(C)c2c1)C(C)C. The zero-order valence-corrected chi connectivity index (χ0v) is 16.3. The number of amides is 1. The van der Waals surface area contributed by atoms with Gasteiger partial charge in [-0.3, -0.25) is 13.9 Å². The van der Waals surface area contributed by atoms with Gasteiger partial charge in [0, 0.05) is 36.8 Å². The molecule has 0 aliphatic rings. The molecule has 0 aliphatic heterocycles. The molecule has 1 amide bonds. The third-order valence-electron chi connectivity index (χ3n) is 5.04. The van der Waals surface area contributed by atoms with E-state index >= 15 is 0 Å². The zero-order chi connectivity index (χ0) is 20.0. The largest absolute Gasteiger partial charge is 0.337 e. The number of pyridine rings is 1. The highest BCUT2D eigenvalue weighted by atomic mass is 19.1. The van der Waals surface area contributed by atoms with Crippen molar-refractivity contribution in [3.63, 3.8) is 0 Å². The van der Waals surface area contributed by atoms with Crippen molar-refractivity contribution in [2.24, 2.45) is 7.05 Å². The van der Waals surface area contributed by atoms with Crippen molar-refractivity contribution >= 4 is 22.5 Å². The molecule has 4 aromatic rings. The molecule has 144 valence electrons. The number of carbonyl (C=O) groups is 1. The van der Waals surface area contributed by atoms with Gasteiger partial charge in [0.05, 0.1) is 17.4 Å². The fraction of sp³-hybridized carbons (Fsp3) is 0.286. The average molecular weight is 379 g/mol. The maximum atomic E-state index is 13.7. The summed E-state index contributed by atoms with van der Waals surface area (Å²) in [6.07, 6.45) is 3.09. The molecule has 0 unspecified atom stereocenters. The second-order valence-electron chi connectivity index (χ2n) is 7.11. The topological polar surface area (TPSA) is 55.4 Å². The lowest BCUT2D eigenvalue weighted by molar-refractivity contribution is 0.0717. The summed E-state index contributed by atoms with van der Waals surface area (Å²) in [6, 6.07) is 8.73. The van der Waals surface area contributed by atoms with Gasteiger partial charge in [0.25, 0.3) is 5.91 Å². The Bertz CT molecular complexity index is 1190. The van der Waals surface area contributed by atoms with Crippen LogP contribution in [0, 0.1) is 5.82 Å². The zero-order valence-electron chi connectivity index (χ0n) is 16.3. The molecule has 1 aromatic carbocycles. The van der Waals surface area contributed by atoms with E-state index < -0.39 is 0 Å². The van der Waals surface area contributed by atoms with Crippen molar-refractivity contribution < 1.29 is 9.18 Å². The lowest BCUT2D eigenvalue weighted by atomic mass is 10.1. The van der Waals surface area contributed by atoms with Crippen LogP contribution >= 0.6 is 0 Å². The van der Waals surface area contributed by atoms with Gasteiger partial charge < -0.3 is 4.90 Å². The van der Waals surface area contributed by atoms with E-state index in [2.05, 4.69) is 10.1 Å². The van der Waals surface area contributed by atoms with Gasteiger partial charge in [-0.15, -0.1) is 0 Å². The van der Waals surface area contributed by atoms with Crippen LogP contribution in [0.4, 0.5) is 4.39 Å². The van der Waals surface area contributed by atoms with Crippen LogP contribution < -0.4 is 0 Å². The number of rotatable bonds is 4. The number of aromatic nitrogens is 4. The first kappa shape index (κ1) is 18.2. The van der Waals surface area contributed by atoms with Crippen molar-refractivity contribution in [3.05, 3.63) is 54.1 Å². The predicted molar refractivity (Wildman–Crippen MR) is 107 cm³/mol. The molecule has 4 rings (SSSR count). The Morgan fingerprint density at radius 1 is 1.25 bits per heavy atom. The van der Waals surface area contributed by atoms with Gasteiger partial charge in [-0.1, -0.05) is 0 Å². The number of hydrogen-bond acceptors (Lipinski definition) is 3. The fourth-order valence-electron chi connectivity index (χ4n) is 3.62. The molecule has 0 saturated heterocycles. The smallest absolute Gasteiger partial charge is 0.254 e. The second-order valence-corrected chi connectivity index (χ2v) is 7.11. The number of carbonyl (C=O) groups excluding carboxylic acids is 1. The first-order valence-electron chi connectivity index (χ1n) is 9.31. The van der Waals surface area contributed by atoms with Crippen LogP contribution in [-0.2, 0) is 7.05 Å². The third-order valence-corrected chi connectivity index (χ3v) is 5.04. The van der Waals surface area contributed by atoms with Gasteiger partial charge in [-0.25, -0.2) is 9.37 Å². The molecule has 0 N–H and O–H groups in total. The summed E-state index contributed by atoms with van der Waals surface area (Å²) in [5.74, 6) is -0.341. The lowest BCUT2D eigenvalue weighted by Gasteiger charge is -2.25. The lowest BCUT2D eigenvalue weighted by Crippen LogP contribution is -2.36. The molecule has 28 heavy (non-hydrogen) atoms. The van der Waals surface area contributed by atoms with E-state index in [1.54, 1.807) is 21.3 Å². The van der Waals surface area contributed by atoms with Gasteiger partial charge in [0.1, 0.15) is 17.2 Å². The van der Waals surface area contributed by atoms with E-state index in [-0.39, 0.29) is 17.8 Å². The molecule has 0 spiro atoms. The quantitative estimate of drug-likeness (QED) is 0.540. The third kappa shape index (κ3) is 2.83. The molecular weight excluding hydrogens is 357 g/mol. The van der Waals surface area contributed by atoms with E-state index in [1.807, 2.05) is 50.9 Å². The summed E-state index contributed by atoms with van der Waals surface area (Å²) >= 11 is 0. The van der Waals surface area contributed by atoms with E-state index in [0.717, 1.165) is 10.9 Å². The highest BCUT2D eigenvalue weighted by molar-refractivity contribution is 6.01. The molecule has 0 aliphatic carbocycles. The highest BCUT2D eigenvalue weighted by Gasteiger charge is 2.20. The summed E-state index contributed by atoms with van der Waals surface area (Å²) in [5.41, 5.74) is 3.52. The number of imidazole rings is 1. The maximum Gasteiger partial charge on any atom is 0.254 e. The van der Waals surface area contributed by atoms with Crippen LogP contribution in [0.3, 0.4) is 0 Å². The van der Waals surface area contributed by atoms with Crippen LogP contribution in [0.2, 0.25) is 0 Å². The van der Waals surface area contributed by atoms with Crippen molar-refractivity contribution in [3.8, 4) is 11.4 Å². The highest BCUT2D eigenvalue weighted by Crippen LogP contribution is 2.29. The first-order chi connectivity index (χ1) is 13.4. The van der Waals surface area contributed by atoms with Crippen LogP contribution in [0.5, 0.6) is 0 Å². The molecule has 0 radical (unpaired) electrons. The second kappa shape index (κ2) is 6.74. The van der Waals surface area contributed by atoms with Crippen molar-refractivity contribution in [1.82, 2.24) is 24.1 Å². The predicted octanol–water partition coefficient (Wildman–Crippen LogP) is 3.90. The minimum atomic E-state index is -0.340. The number of benzene rings is 1. The van der Waals surface area contributed by atoms with Crippen LogP contribution in [0.25, 0.3) is 27.9 Å². The van der Waals surface area contributed by atoms with E-state index in [4.69, 9.17) is 0 Å². The monoisotopic (exact) mass is 379 g/mol. The Balaban J connectivity index is 1.84. The van der Waals surface area contributed by atoms with Crippen molar-refractivity contribution in [1.29, 1.82) is 0 Å². The molecule has 0 saturated carbocycles. The van der Waals surface area contributed by atoms with Gasteiger partial charge >= 0.3 is 0 Å². The number of halogens is 1. The van der Waals surface area contributed by atoms with E-state index in [0.29, 0.717) is 29.1 Å². The molecule has 6 nitrogen and oxygen atoms in total. The Kier molecular flexibility index (Phi) is 4.37. The van der Waals surface area contributed by atoms with Crippen molar-refractivity contribution in [2.75, 3.05) is 6.54 Å². The minimum Gasteiger partial charge on any atom is -0.337 e. The normalized spacial score (nSPS) is 11.6. The fourth-order valence-corrected chi connectivity index (χ4v) is 3.62. The van der Waals surface area contributed by atoms with Gasteiger partial charge in [0.2, 0.25) is 0 Å². The Labute approximate surface area is 162 Å². The van der Waals surface area contributed by atoms with Crippen LogP contribution in [-0.4, -0.2) is 42.6 Å². The summed E-state index contributed by atoms with van der Waals surface area (Å²) in [7, 11) is 1.84. The summed E-state index contributed by atoms with van der Waals surface area (Å²) in [4.78, 5) is 19.0. The Hall–Kier alpha value is -3.22. The minimum absolute atomic E-state index is 0.000904.